The van der Waals surface area contributed by atoms with Crippen molar-refractivity contribution >= 4 is 0 Å². The third-order valence-corrected chi connectivity index (χ3v) is 0. The molecule has 0 N–H and O–H groups in total. The second-order valence-corrected chi connectivity index (χ2v) is 1.56. The van der Waals surface area contributed by atoms with Crippen molar-refractivity contribution in [1.82, 2.24) is 0 Å². The summed E-state index contributed by atoms with van der Waals surface area (Å²) >= 11 is -5.62. The zero-order valence-electron chi connectivity index (χ0n) is 3.39. The summed E-state index contributed by atoms with van der Waals surface area (Å²) in [5.41, 5.74) is 0. The summed E-state index contributed by atoms with van der Waals surface area (Å²) in [6, 6.07) is 0. The van der Waals surface area contributed by atoms with Crippen LogP contribution in [-0.4, -0.2) is 0 Å². The Morgan fingerprint density at radius 3 is 1.14 bits per heavy atom. The van der Waals surface area contributed by atoms with Gasteiger partial charge in [-0.3, -0.25) is 0 Å². The molecule has 0 bridgehead atoms. The van der Waals surface area contributed by atoms with Gasteiger partial charge in [0.1, 0.15) is 0 Å². The Labute approximate surface area is 91.4 Å². The van der Waals surface area contributed by atoms with Gasteiger partial charge in [-0.25, -0.2) is 0 Å². The van der Waals surface area contributed by atoms with Crippen LogP contribution in [0.5, 0.6) is 0 Å². The number of halogens is 1. The molecule has 0 aromatic rings. The standard InChI is InChI=1S/Cl.K.Mn.4O/q2*+1;;;;2*-1. The summed E-state index contributed by atoms with van der Waals surface area (Å²) in [7, 11) is 0. The van der Waals surface area contributed by atoms with Crippen molar-refractivity contribution in [3.8, 4) is 0 Å². The first-order valence-electron chi connectivity index (χ1n) is 0.617. The maximum absolute atomic E-state index is 8.58. The average molecular weight is 193 g/mol. The van der Waals surface area contributed by atoms with Gasteiger partial charge in [-0.05, 0) is 0 Å². The zero-order chi connectivity index (χ0) is 4.50. The van der Waals surface area contributed by atoms with E-state index in [1.54, 1.807) is 0 Å². The first-order chi connectivity index (χ1) is 2.00. The Kier molecular flexibility index (Phi) is 13.9. The fourth-order valence-corrected chi connectivity index (χ4v) is 0. The molecule has 39 valence electrons. The van der Waals surface area contributed by atoms with Gasteiger partial charge in [0.2, 0.25) is 0 Å². The van der Waals surface area contributed by atoms with Gasteiger partial charge < -0.3 is 0 Å². The molecule has 0 unspecified atom stereocenters. The molecule has 0 amide bonds. The van der Waals surface area contributed by atoms with Crippen LogP contribution in [0.25, 0.3) is 0 Å². The van der Waals surface area contributed by atoms with Crippen LogP contribution >= 0.6 is 0 Å². The molecule has 0 aliphatic carbocycles. The van der Waals surface area contributed by atoms with E-state index in [1.165, 1.54) is 0 Å². The monoisotopic (exact) mass is 193 g/mol. The molecule has 7 heteroatoms. The van der Waals surface area contributed by atoms with Crippen molar-refractivity contribution in [3.05, 3.63) is 0 Å². The number of rotatable bonds is 0. The van der Waals surface area contributed by atoms with Gasteiger partial charge in [-0.2, -0.15) is 0 Å². The van der Waals surface area contributed by atoms with E-state index in [0.717, 1.165) is 0 Å². The summed E-state index contributed by atoms with van der Waals surface area (Å²) in [4.78, 5) is 0. The molecule has 0 aliphatic heterocycles. The van der Waals surface area contributed by atoms with Crippen LogP contribution in [0.1, 0.15) is 0 Å². The molecular weight excluding hydrogens is 193 g/mol. The molecule has 0 aliphatic rings. The van der Waals surface area contributed by atoms with E-state index in [2.05, 4.69) is 0 Å². The minimum atomic E-state index is -5.62. The molecule has 0 fully saturated rings. The van der Waals surface area contributed by atoms with E-state index in [4.69, 9.17) is 16.0 Å². The van der Waals surface area contributed by atoms with E-state index in [-0.39, 0.29) is 63.8 Å². The van der Waals surface area contributed by atoms with Crippen LogP contribution in [0.4, 0.5) is 0 Å². The van der Waals surface area contributed by atoms with Crippen LogP contribution in [0.15, 0.2) is 0 Å². The molecule has 7 heavy (non-hydrogen) atoms. The van der Waals surface area contributed by atoms with Gasteiger partial charge in [-0.1, -0.05) is 0 Å². The van der Waals surface area contributed by atoms with Crippen LogP contribution in [0.3, 0.4) is 0 Å². The van der Waals surface area contributed by atoms with Gasteiger partial charge in [0.15, 0.2) is 0 Å². The van der Waals surface area contributed by atoms with Gasteiger partial charge in [0.05, 0.1) is 0 Å². The van der Waals surface area contributed by atoms with Gasteiger partial charge >= 0.3 is 93.2 Å². The summed E-state index contributed by atoms with van der Waals surface area (Å²) in [6.45, 7) is 0. The minimum absolute atomic E-state index is 0. The predicted molar refractivity (Wildman–Crippen MR) is 1.37 cm³/mol. The predicted octanol–water partition coefficient (Wildman–Crippen LogP) is -5.61. The van der Waals surface area contributed by atoms with Gasteiger partial charge in [0, 0.05) is 0 Å². The second kappa shape index (κ2) is 6.09. The zero-order valence-corrected chi connectivity index (χ0v) is 8.45. The Bertz CT molecular complexity index is 94.9. The molecule has 0 aromatic heterocycles. The van der Waals surface area contributed by atoms with Crippen LogP contribution in [0.2, 0.25) is 0 Å². The van der Waals surface area contributed by atoms with E-state index in [1.807, 2.05) is 0 Å². The SMILES string of the molecule is [Cl+].[K+].[O]=[Mn](=[O])([O-])[O-]. The molecule has 0 spiro atoms. The van der Waals surface area contributed by atoms with Crippen LogP contribution in [-0.2, 0) is 21.0 Å². The molecule has 0 rings (SSSR count). The molecule has 4 nitrogen and oxygen atoms in total. The molecule has 2 radical (unpaired) electrons. The first-order valence-corrected chi connectivity index (χ1v) is 2.54. The maximum atomic E-state index is 8.58. The van der Waals surface area contributed by atoms with E-state index >= 15 is 0 Å². The second-order valence-electron chi connectivity index (χ2n) is 0.378. The molecule has 0 saturated heterocycles. The normalized spacial score (nSPS) is 8.29. The van der Waals surface area contributed by atoms with Crippen molar-refractivity contribution < 1.29 is 93.2 Å². The summed E-state index contributed by atoms with van der Waals surface area (Å²) in [5.74, 6) is 0. The Morgan fingerprint density at radius 1 is 1.14 bits per heavy atom. The van der Waals surface area contributed by atoms with Crippen molar-refractivity contribution in [2.45, 2.75) is 0 Å². The summed E-state index contributed by atoms with van der Waals surface area (Å²) in [6.07, 6.45) is 0. The number of hydrogen-bond donors (Lipinski definition) is 0. The van der Waals surface area contributed by atoms with Crippen molar-refractivity contribution in [1.29, 1.82) is 0 Å². The fourth-order valence-electron chi connectivity index (χ4n) is 0. The fraction of sp³-hybridized carbons (Fsp3) is 0. The van der Waals surface area contributed by atoms with Crippen molar-refractivity contribution in [2.75, 3.05) is 0 Å². The van der Waals surface area contributed by atoms with Crippen LogP contribution < -0.4 is 59.8 Å². The average Bonchev–Trinajstić information content (AvgIpc) is 0.722. The van der Waals surface area contributed by atoms with E-state index < -0.39 is 13.4 Å². The van der Waals surface area contributed by atoms with E-state index in [9.17, 15) is 0 Å². The summed E-state index contributed by atoms with van der Waals surface area (Å²) in [5, 5.41) is 0. The third kappa shape index (κ3) is 73.4. The Morgan fingerprint density at radius 2 is 1.14 bits per heavy atom. The molecule has 0 heterocycles. The van der Waals surface area contributed by atoms with E-state index in [0.29, 0.717) is 0 Å². The summed E-state index contributed by atoms with van der Waals surface area (Å²) < 4.78 is 34.3. The first kappa shape index (κ1) is 16.0. The topological polar surface area (TPSA) is 80.3 Å². The molecular formula is ClKMnO4. The molecule has 0 saturated carbocycles. The van der Waals surface area contributed by atoms with Crippen LogP contribution in [0, 0.1) is 12.4 Å². The van der Waals surface area contributed by atoms with Gasteiger partial charge in [0.25, 0.3) is 0 Å². The van der Waals surface area contributed by atoms with Crippen molar-refractivity contribution in [3.63, 3.8) is 0 Å². The molecule has 0 atom stereocenters. The Hall–Kier alpha value is 1.97. The third-order valence-electron chi connectivity index (χ3n) is 0. The quantitative estimate of drug-likeness (QED) is 0.359. The van der Waals surface area contributed by atoms with Gasteiger partial charge in [-0.15, -0.1) is 0 Å². The number of hydrogen-bond acceptors (Lipinski definition) is 4. The molecule has 0 aromatic carbocycles. The Balaban J connectivity index is -0.0000000800. The van der Waals surface area contributed by atoms with Crippen molar-refractivity contribution in [2.24, 2.45) is 0 Å².